The van der Waals surface area contributed by atoms with Gasteiger partial charge in [0.2, 0.25) is 0 Å². The van der Waals surface area contributed by atoms with Gasteiger partial charge in [0.25, 0.3) is 5.91 Å². The Labute approximate surface area is 179 Å². The van der Waals surface area contributed by atoms with Crippen molar-refractivity contribution in [3.8, 4) is 16.9 Å². The molecule has 1 heterocycles. The third-order valence-corrected chi connectivity index (χ3v) is 5.76. The lowest BCUT2D eigenvalue weighted by molar-refractivity contribution is 0.0998. The Bertz CT molecular complexity index is 1250. The molecule has 0 aliphatic rings. The first-order valence-electron chi connectivity index (χ1n) is 9.82. The van der Waals surface area contributed by atoms with Crippen LogP contribution in [0.4, 0.5) is 0 Å². The lowest BCUT2D eigenvalue weighted by Gasteiger charge is -2.08. The molecule has 0 spiro atoms. The maximum Gasteiger partial charge on any atom is 0.279 e. The standard InChI is InChI=1S/C25H22N2O2S/c1-3-17-27-23-21(29-4-2)11-8-12-22(23)30-25(27)26-24(28)20-15-13-19(14-16-20)18-9-6-5-7-10-18/h3,5-16H,1,4,17H2,2H3. The van der Waals surface area contributed by atoms with Crippen LogP contribution in [0.3, 0.4) is 0 Å². The van der Waals surface area contributed by atoms with Gasteiger partial charge in [0.15, 0.2) is 4.80 Å². The molecule has 0 saturated heterocycles. The zero-order valence-electron chi connectivity index (χ0n) is 16.7. The summed E-state index contributed by atoms with van der Waals surface area (Å²) in [4.78, 5) is 17.9. The fraction of sp³-hybridized carbons (Fsp3) is 0.120. The number of ether oxygens (including phenoxy) is 1. The quantitative estimate of drug-likeness (QED) is 0.380. The van der Waals surface area contributed by atoms with E-state index in [9.17, 15) is 4.79 Å². The number of nitrogens with zero attached hydrogens (tertiary/aromatic N) is 2. The number of carbonyl (C=O) groups excluding carboxylic acids is 1. The van der Waals surface area contributed by atoms with E-state index < -0.39 is 0 Å². The molecule has 1 aromatic heterocycles. The minimum atomic E-state index is -0.267. The predicted octanol–water partition coefficient (Wildman–Crippen LogP) is 5.70. The lowest BCUT2D eigenvalue weighted by atomic mass is 10.0. The summed E-state index contributed by atoms with van der Waals surface area (Å²) < 4.78 is 8.79. The zero-order valence-corrected chi connectivity index (χ0v) is 17.6. The molecule has 0 atom stereocenters. The van der Waals surface area contributed by atoms with Crippen LogP contribution >= 0.6 is 11.3 Å². The Balaban J connectivity index is 1.73. The van der Waals surface area contributed by atoms with E-state index in [-0.39, 0.29) is 5.91 Å². The number of amides is 1. The van der Waals surface area contributed by atoms with Crippen LogP contribution in [0.2, 0.25) is 0 Å². The number of allylic oxidation sites excluding steroid dienone is 1. The second kappa shape index (κ2) is 8.93. The van der Waals surface area contributed by atoms with Crippen LogP contribution in [0.15, 0.2) is 90.4 Å². The molecule has 0 unspecified atom stereocenters. The first-order chi connectivity index (χ1) is 14.7. The highest BCUT2D eigenvalue weighted by Crippen LogP contribution is 2.28. The number of aromatic nitrogens is 1. The summed E-state index contributed by atoms with van der Waals surface area (Å²) in [7, 11) is 0. The monoisotopic (exact) mass is 414 g/mol. The van der Waals surface area contributed by atoms with E-state index in [1.165, 1.54) is 11.3 Å². The molecule has 3 aromatic carbocycles. The number of para-hydroxylation sites is 1. The molecule has 0 bridgehead atoms. The Hall–Kier alpha value is -3.44. The number of benzene rings is 3. The average Bonchev–Trinajstić information content (AvgIpc) is 3.13. The first kappa shape index (κ1) is 19.9. The van der Waals surface area contributed by atoms with Gasteiger partial charge in [-0.25, -0.2) is 0 Å². The van der Waals surface area contributed by atoms with Gasteiger partial charge in [0.1, 0.15) is 11.3 Å². The highest BCUT2D eigenvalue weighted by atomic mass is 32.1. The third kappa shape index (κ3) is 3.98. The van der Waals surface area contributed by atoms with Gasteiger partial charge in [0.05, 0.1) is 11.3 Å². The first-order valence-corrected chi connectivity index (χ1v) is 10.6. The third-order valence-electron chi connectivity index (χ3n) is 4.71. The molecule has 0 N–H and O–H groups in total. The van der Waals surface area contributed by atoms with Gasteiger partial charge in [-0.15, -0.1) is 6.58 Å². The molecule has 0 aliphatic heterocycles. The van der Waals surface area contributed by atoms with Crippen molar-refractivity contribution in [3.05, 3.63) is 95.8 Å². The molecule has 4 nitrogen and oxygen atoms in total. The topological polar surface area (TPSA) is 43.6 Å². The Kier molecular flexibility index (Phi) is 5.91. The van der Waals surface area contributed by atoms with E-state index in [1.54, 1.807) is 6.08 Å². The zero-order chi connectivity index (χ0) is 20.9. The average molecular weight is 415 g/mol. The van der Waals surface area contributed by atoms with E-state index in [2.05, 4.69) is 11.6 Å². The summed E-state index contributed by atoms with van der Waals surface area (Å²) in [6, 6.07) is 23.5. The van der Waals surface area contributed by atoms with Crippen LogP contribution in [0, 0.1) is 0 Å². The van der Waals surface area contributed by atoms with Crippen molar-refractivity contribution in [3.63, 3.8) is 0 Å². The Morgan fingerprint density at radius 2 is 1.77 bits per heavy atom. The second-order valence-corrected chi connectivity index (χ2v) is 7.69. The van der Waals surface area contributed by atoms with Gasteiger partial charge in [-0.3, -0.25) is 4.79 Å². The van der Waals surface area contributed by atoms with Gasteiger partial charge in [0, 0.05) is 12.1 Å². The van der Waals surface area contributed by atoms with Crippen LogP contribution in [-0.4, -0.2) is 17.1 Å². The molecule has 150 valence electrons. The number of hydrogen-bond acceptors (Lipinski definition) is 3. The maximum atomic E-state index is 12.9. The summed E-state index contributed by atoms with van der Waals surface area (Å²) in [6.07, 6.45) is 1.80. The van der Waals surface area contributed by atoms with Gasteiger partial charge in [-0.1, -0.05) is 65.9 Å². The van der Waals surface area contributed by atoms with Crippen molar-refractivity contribution in [2.45, 2.75) is 13.5 Å². The van der Waals surface area contributed by atoms with E-state index in [0.29, 0.717) is 23.5 Å². The smallest absolute Gasteiger partial charge is 0.279 e. The summed E-state index contributed by atoms with van der Waals surface area (Å²) in [5.74, 6) is 0.520. The lowest BCUT2D eigenvalue weighted by Crippen LogP contribution is -2.16. The molecule has 4 aromatic rings. The van der Waals surface area contributed by atoms with E-state index in [4.69, 9.17) is 4.74 Å². The maximum absolute atomic E-state index is 12.9. The number of hydrogen-bond donors (Lipinski definition) is 0. The fourth-order valence-corrected chi connectivity index (χ4v) is 4.40. The van der Waals surface area contributed by atoms with Crippen molar-refractivity contribution < 1.29 is 9.53 Å². The van der Waals surface area contributed by atoms with Crippen molar-refractivity contribution >= 4 is 27.5 Å². The fourth-order valence-electron chi connectivity index (χ4n) is 3.34. The largest absolute Gasteiger partial charge is 0.492 e. The highest BCUT2D eigenvalue weighted by Gasteiger charge is 2.12. The molecule has 5 heteroatoms. The molecule has 0 radical (unpaired) electrons. The molecule has 1 amide bonds. The normalized spacial score (nSPS) is 11.6. The SMILES string of the molecule is C=CCn1c(=NC(=O)c2ccc(-c3ccccc3)cc2)sc2cccc(OCC)c21. The molecule has 0 aliphatic carbocycles. The van der Waals surface area contributed by atoms with Crippen LogP contribution in [0.1, 0.15) is 17.3 Å². The minimum absolute atomic E-state index is 0.267. The molecule has 0 fully saturated rings. The predicted molar refractivity (Wildman–Crippen MR) is 123 cm³/mol. The van der Waals surface area contributed by atoms with Crippen molar-refractivity contribution in [2.75, 3.05) is 6.61 Å². The molecular weight excluding hydrogens is 392 g/mol. The molecule has 30 heavy (non-hydrogen) atoms. The van der Waals surface area contributed by atoms with E-state index in [1.807, 2.05) is 84.3 Å². The molecule has 0 saturated carbocycles. The van der Waals surface area contributed by atoms with Gasteiger partial charge >= 0.3 is 0 Å². The van der Waals surface area contributed by atoms with Gasteiger partial charge in [-0.2, -0.15) is 4.99 Å². The van der Waals surface area contributed by atoms with Crippen LogP contribution in [0.25, 0.3) is 21.3 Å². The van der Waals surface area contributed by atoms with Crippen molar-refractivity contribution in [2.24, 2.45) is 4.99 Å². The van der Waals surface area contributed by atoms with E-state index >= 15 is 0 Å². The highest BCUT2D eigenvalue weighted by molar-refractivity contribution is 7.16. The van der Waals surface area contributed by atoms with Crippen molar-refractivity contribution in [1.29, 1.82) is 0 Å². The summed E-state index contributed by atoms with van der Waals surface area (Å²) in [5.41, 5.74) is 3.68. The number of fused-ring (bicyclic) bond motifs is 1. The Morgan fingerprint density at radius 3 is 2.47 bits per heavy atom. The Morgan fingerprint density at radius 1 is 1.03 bits per heavy atom. The second-order valence-electron chi connectivity index (χ2n) is 6.68. The van der Waals surface area contributed by atoms with Gasteiger partial charge < -0.3 is 9.30 Å². The van der Waals surface area contributed by atoms with Crippen LogP contribution in [0.5, 0.6) is 5.75 Å². The summed E-state index contributed by atoms with van der Waals surface area (Å²) >= 11 is 1.47. The van der Waals surface area contributed by atoms with Gasteiger partial charge in [-0.05, 0) is 42.3 Å². The number of rotatable bonds is 6. The summed E-state index contributed by atoms with van der Waals surface area (Å²) in [6.45, 7) is 6.92. The number of thiazole rings is 1. The molecule has 4 rings (SSSR count). The van der Waals surface area contributed by atoms with E-state index in [0.717, 1.165) is 27.1 Å². The number of carbonyl (C=O) groups is 1. The van der Waals surface area contributed by atoms with Crippen LogP contribution < -0.4 is 9.54 Å². The van der Waals surface area contributed by atoms with Crippen molar-refractivity contribution in [1.82, 2.24) is 4.57 Å². The summed E-state index contributed by atoms with van der Waals surface area (Å²) in [5, 5.41) is 0. The minimum Gasteiger partial charge on any atom is -0.492 e. The van der Waals surface area contributed by atoms with Crippen LogP contribution in [-0.2, 0) is 6.54 Å². The molecular formula is C25H22N2O2S.